The Bertz CT molecular complexity index is 716. The Labute approximate surface area is 125 Å². The molecule has 1 atom stereocenters. The molecule has 0 radical (unpaired) electrons. The maximum absolute atomic E-state index is 12.1. The summed E-state index contributed by atoms with van der Waals surface area (Å²) in [6, 6.07) is 17.2. The maximum atomic E-state index is 12.1. The van der Waals surface area contributed by atoms with E-state index in [1.807, 2.05) is 42.5 Å². The molecule has 110 valence electrons. The fourth-order valence-electron chi connectivity index (χ4n) is 2.05. The van der Waals surface area contributed by atoms with E-state index in [1.54, 1.807) is 12.1 Å². The Morgan fingerprint density at radius 3 is 2.00 bits per heavy atom. The van der Waals surface area contributed by atoms with Crippen LogP contribution in [0.2, 0.25) is 0 Å². The van der Waals surface area contributed by atoms with Gasteiger partial charge in [0.1, 0.15) is 5.25 Å². The molecule has 0 aliphatic carbocycles. The highest BCUT2D eigenvalue weighted by Crippen LogP contribution is 2.14. The summed E-state index contributed by atoms with van der Waals surface area (Å²) < 4.78 is 22.9. The normalized spacial score (nSPS) is 12.9. The molecule has 0 heterocycles. The van der Waals surface area contributed by atoms with Crippen molar-refractivity contribution in [3.8, 4) is 0 Å². The molecule has 1 unspecified atom stereocenters. The molecular weight excluding hydrogens is 284 g/mol. The molecule has 2 rings (SSSR count). The third kappa shape index (κ3) is 4.02. The molecular formula is C17H18O3S. The lowest BCUT2D eigenvalue weighted by Gasteiger charge is -2.09. The zero-order valence-electron chi connectivity index (χ0n) is 12.1. The highest BCUT2D eigenvalue weighted by molar-refractivity contribution is 7.92. The highest BCUT2D eigenvalue weighted by Gasteiger charge is 2.24. The summed E-state index contributed by atoms with van der Waals surface area (Å²) >= 11 is 0. The van der Waals surface area contributed by atoms with Crippen LogP contribution >= 0.6 is 0 Å². The van der Waals surface area contributed by atoms with Gasteiger partial charge in [-0.05, 0) is 24.5 Å². The predicted molar refractivity (Wildman–Crippen MR) is 84.3 cm³/mol. The Balaban J connectivity index is 2.14. The highest BCUT2D eigenvalue weighted by atomic mass is 32.2. The van der Waals surface area contributed by atoms with Gasteiger partial charge in [-0.2, -0.15) is 0 Å². The Morgan fingerprint density at radius 2 is 1.48 bits per heavy atom. The zero-order chi connectivity index (χ0) is 15.5. The van der Waals surface area contributed by atoms with Gasteiger partial charge in [-0.1, -0.05) is 54.6 Å². The molecule has 0 aliphatic rings. The molecule has 0 N–H and O–H groups in total. The molecule has 4 heteroatoms. The van der Waals surface area contributed by atoms with E-state index in [0.717, 1.165) is 18.2 Å². The molecule has 0 spiro atoms. The van der Waals surface area contributed by atoms with Crippen molar-refractivity contribution < 1.29 is 13.2 Å². The Kier molecular flexibility index (Phi) is 4.58. The number of hydrogen-bond donors (Lipinski definition) is 0. The van der Waals surface area contributed by atoms with Gasteiger partial charge in [-0.15, -0.1) is 0 Å². The van der Waals surface area contributed by atoms with Crippen LogP contribution in [0.25, 0.3) is 0 Å². The molecule has 3 nitrogen and oxygen atoms in total. The quantitative estimate of drug-likeness (QED) is 0.798. The summed E-state index contributed by atoms with van der Waals surface area (Å²) in [5.41, 5.74) is 2.72. The van der Waals surface area contributed by atoms with Crippen LogP contribution in [0.4, 0.5) is 0 Å². The molecule has 0 aliphatic heterocycles. The second kappa shape index (κ2) is 6.22. The lowest BCUT2D eigenvalue weighted by atomic mass is 10.0. The van der Waals surface area contributed by atoms with E-state index in [1.165, 1.54) is 12.5 Å². The molecule has 0 saturated heterocycles. The minimum absolute atomic E-state index is 0.358. The van der Waals surface area contributed by atoms with E-state index in [9.17, 15) is 13.2 Å². The van der Waals surface area contributed by atoms with Gasteiger partial charge in [0, 0.05) is 11.8 Å². The number of Topliss-reactive ketones (excluding diaryl/α,β-unsaturated/α-hetero) is 1. The van der Waals surface area contributed by atoms with Crippen LogP contribution in [0.3, 0.4) is 0 Å². The van der Waals surface area contributed by atoms with E-state index >= 15 is 0 Å². The van der Waals surface area contributed by atoms with E-state index in [-0.39, 0.29) is 5.78 Å². The average molecular weight is 302 g/mol. The Morgan fingerprint density at radius 1 is 0.952 bits per heavy atom. The van der Waals surface area contributed by atoms with Crippen molar-refractivity contribution in [2.75, 3.05) is 6.26 Å². The zero-order valence-corrected chi connectivity index (χ0v) is 12.9. The molecule has 21 heavy (non-hydrogen) atoms. The summed E-state index contributed by atoms with van der Waals surface area (Å²) in [5, 5.41) is -1.00. The van der Waals surface area contributed by atoms with Crippen LogP contribution in [0.15, 0.2) is 54.6 Å². The fraction of sp³-hybridized carbons (Fsp3) is 0.235. The van der Waals surface area contributed by atoms with Gasteiger partial charge in [0.15, 0.2) is 15.6 Å². The number of rotatable bonds is 5. The minimum atomic E-state index is -3.36. The van der Waals surface area contributed by atoms with Crippen LogP contribution in [-0.4, -0.2) is 25.7 Å². The molecule has 0 bridgehead atoms. The summed E-state index contributed by atoms with van der Waals surface area (Å²) in [4.78, 5) is 12.1. The first-order valence-corrected chi connectivity index (χ1v) is 8.69. The van der Waals surface area contributed by atoms with Gasteiger partial charge in [-0.25, -0.2) is 8.42 Å². The number of hydrogen-bond acceptors (Lipinski definition) is 3. The molecule has 0 amide bonds. The minimum Gasteiger partial charge on any atom is -0.293 e. The van der Waals surface area contributed by atoms with E-state index in [0.29, 0.717) is 5.56 Å². The van der Waals surface area contributed by atoms with E-state index in [2.05, 4.69) is 0 Å². The van der Waals surface area contributed by atoms with Crippen LogP contribution < -0.4 is 0 Å². The first kappa shape index (κ1) is 15.4. The van der Waals surface area contributed by atoms with Crippen LogP contribution in [0.5, 0.6) is 0 Å². The van der Waals surface area contributed by atoms with Crippen LogP contribution in [0.1, 0.15) is 28.4 Å². The number of carbonyl (C=O) groups excluding carboxylic acids is 1. The number of sulfone groups is 1. The largest absolute Gasteiger partial charge is 0.293 e. The summed E-state index contributed by atoms with van der Waals surface area (Å²) in [6.45, 7) is 1.43. The van der Waals surface area contributed by atoms with Crippen molar-refractivity contribution in [1.29, 1.82) is 0 Å². The maximum Gasteiger partial charge on any atom is 0.180 e. The molecule has 2 aromatic rings. The molecule has 2 aromatic carbocycles. The monoisotopic (exact) mass is 302 g/mol. The topological polar surface area (TPSA) is 51.2 Å². The molecule has 0 fully saturated rings. The lowest BCUT2D eigenvalue weighted by molar-refractivity contribution is 0.0991. The molecule has 0 saturated carbocycles. The van der Waals surface area contributed by atoms with Gasteiger partial charge in [0.2, 0.25) is 0 Å². The van der Waals surface area contributed by atoms with Crippen molar-refractivity contribution in [2.45, 2.75) is 18.6 Å². The summed E-state index contributed by atoms with van der Waals surface area (Å²) in [7, 11) is -3.36. The third-order valence-corrected chi connectivity index (χ3v) is 5.00. The van der Waals surface area contributed by atoms with Gasteiger partial charge >= 0.3 is 0 Å². The van der Waals surface area contributed by atoms with E-state index in [4.69, 9.17) is 0 Å². The Hall–Kier alpha value is -1.94. The first-order chi connectivity index (χ1) is 9.88. The second-order valence-corrected chi connectivity index (χ2v) is 7.56. The third-order valence-electron chi connectivity index (χ3n) is 3.50. The number of carbonyl (C=O) groups is 1. The van der Waals surface area contributed by atoms with Gasteiger partial charge in [0.05, 0.1) is 0 Å². The van der Waals surface area contributed by atoms with Crippen LogP contribution in [-0.2, 0) is 16.3 Å². The number of benzene rings is 2. The van der Waals surface area contributed by atoms with Crippen molar-refractivity contribution in [2.24, 2.45) is 0 Å². The smallest absolute Gasteiger partial charge is 0.180 e. The van der Waals surface area contributed by atoms with Gasteiger partial charge in [0.25, 0.3) is 0 Å². The van der Waals surface area contributed by atoms with Gasteiger partial charge in [-0.3, -0.25) is 4.79 Å². The van der Waals surface area contributed by atoms with Crippen molar-refractivity contribution in [3.63, 3.8) is 0 Å². The van der Waals surface area contributed by atoms with Crippen molar-refractivity contribution in [3.05, 3.63) is 71.3 Å². The van der Waals surface area contributed by atoms with Crippen LogP contribution in [0, 0.1) is 0 Å². The fourth-order valence-corrected chi connectivity index (χ4v) is 2.57. The van der Waals surface area contributed by atoms with E-state index < -0.39 is 15.1 Å². The molecule has 0 aromatic heterocycles. The lowest BCUT2D eigenvalue weighted by Crippen LogP contribution is -2.26. The van der Waals surface area contributed by atoms with Crippen molar-refractivity contribution >= 4 is 15.6 Å². The average Bonchev–Trinajstić information content (AvgIpc) is 2.46. The predicted octanol–water partition coefficient (Wildman–Crippen LogP) is 2.89. The number of ketones is 1. The standard InChI is InChI=1S/C17H18O3S/c1-13(21(2,19)20)17(18)16-10-8-15(9-11-16)12-14-6-4-3-5-7-14/h3-11,13H,12H2,1-2H3. The second-order valence-electron chi connectivity index (χ2n) is 5.20. The van der Waals surface area contributed by atoms with Crippen molar-refractivity contribution in [1.82, 2.24) is 0 Å². The summed E-state index contributed by atoms with van der Waals surface area (Å²) in [6.07, 6.45) is 1.87. The summed E-state index contributed by atoms with van der Waals surface area (Å²) in [5.74, 6) is -0.358. The first-order valence-electron chi connectivity index (χ1n) is 6.74. The van der Waals surface area contributed by atoms with Gasteiger partial charge < -0.3 is 0 Å². The SMILES string of the molecule is CC(C(=O)c1ccc(Cc2ccccc2)cc1)S(C)(=O)=O.